The van der Waals surface area contributed by atoms with Crippen molar-refractivity contribution in [3.8, 4) is 0 Å². The third kappa shape index (κ3) is 1.96. The highest BCUT2D eigenvalue weighted by Gasteiger charge is 2.13. The molecule has 0 aromatic heterocycles. The molecule has 2 aromatic carbocycles. The fraction of sp³-hybridized carbons (Fsp3) is 0.125. The lowest BCUT2D eigenvalue weighted by atomic mass is 10.0. The summed E-state index contributed by atoms with van der Waals surface area (Å²) in [4.78, 5) is 0. The van der Waals surface area contributed by atoms with Crippen molar-refractivity contribution in [2.75, 3.05) is 0 Å². The Bertz CT molecular complexity index is 582. The van der Waals surface area contributed by atoms with E-state index in [2.05, 4.69) is 60.8 Å². The van der Waals surface area contributed by atoms with E-state index in [9.17, 15) is 0 Å². The van der Waals surface area contributed by atoms with Crippen molar-refractivity contribution in [2.45, 2.75) is 13.3 Å². The third-order valence-electron chi connectivity index (χ3n) is 3.16. The number of fused-ring (bicyclic) bond motifs is 1. The van der Waals surface area contributed by atoms with Crippen LogP contribution in [0.15, 0.2) is 54.2 Å². The zero-order valence-corrected chi connectivity index (χ0v) is 9.85. The molecule has 0 aliphatic carbocycles. The monoisotopic (exact) mass is 220 g/mol. The van der Waals surface area contributed by atoms with Gasteiger partial charge in [-0.15, -0.1) is 0 Å². The van der Waals surface area contributed by atoms with Crippen molar-refractivity contribution >= 4 is 11.8 Å². The third-order valence-corrected chi connectivity index (χ3v) is 3.16. The Hall–Kier alpha value is -2.02. The van der Waals surface area contributed by atoms with Crippen molar-refractivity contribution in [3.05, 3.63) is 70.9 Å². The van der Waals surface area contributed by atoms with Gasteiger partial charge in [0.15, 0.2) is 0 Å². The Kier molecular flexibility index (Phi) is 2.45. The molecule has 17 heavy (non-hydrogen) atoms. The molecule has 1 aliphatic rings. The summed E-state index contributed by atoms with van der Waals surface area (Å²) < 4.78 is 0. The lowest BCUT2D eigenvalue weighted by molar-refractivity contribution is 0.988. The van der Waals surface area contributed by atoms with Crippen LogP contribution in [-0.2, 0) is 6.42 Å². The van der Waals surface area contributed by atoms with Crippen LogP contribution in [0.2, 0.25) is 0 Å². The molecule has 1 heterocycles. The van der Waals surface area contributed by atoms with Gasteiger partial charge in [-0.2, -0.15) is 0 Å². The van der Waals surface area contributed by atoms with Crippen molar-refractivity contribution in [1.29, 1.82) is 0 Å². The summed E-state index contributed by atoms with van der Waals surface area (Å²) in [6.45, 7) is 2.15. The minimum absolute atomic E-state index is 0.918. The first-order valence-electron chi connectivity index (χ1n) is 5.89. The van der Waals surface area contributed by atoms with Gasteiger partial charge in [0.05, 0.1) is 5.69 Å². The Labute approximate surface area is 102 Å². The molecule has 1 nitrogen and oxygen atoms in total. The Morgan fingerprint density at radius 1 is 0.941 bits per heavy atom. The molecule has 0 fully saturated rings. The van der Waals surface area contributed by atoms with E-state index in [1.807, 2.05) is 6.07 Å². The highest BCUT2D eigenvalue weighted by Crippen LogP contribution is 2.28. The van der Waals surface area contributed by atoms with E-state index < -0.39 is 0 Å². The molecule has 0 saturated heterocycles. The molecule has 1 aliphatic heterocycles. The molecule has 3 rings (SSSR count). The maximum atomic E-state index is 4.65. The van der Waals surface area contributed by atoms with Gasteiger partial charge in [0.1, 0.15) is 0 Å². The second kappa shape index (κ2) is 4.10. The molecular weight excluding hydrogens is 206 g/mol. The van der Waals surface area contributed by atoms with E-state index in [0.29, 0.717) is 0 Å². The van der Waals surface area contributed by atoms with Crippen LogP contribution < -0.4 is 5.32 Å². The fourth-order valence-corrected chi connectivity index (χ4v) is 2.17. The molecule has 0 bridgehead atoms. The van der Waals surface area contributed by atoms with Gasteiger partial charge in [-0.3, -0.25) is 5.32 Å². The first-order chi connectivity index (χ1) is 8.33. The van der Waals surface area contributed by atoms with Crippen molar-refractivity contribution < 1.29 is 0 Å². The quantitative estimate of drug-likeness (QED) is 0.730. The van der Waals surface area contributed by atoms with E-state index in [0.717, 1.165) is 17.8 Å². The smallest absolute Gasteiger partial charge is 0.0706 e. The van der Waals surface area contributed by atoms with Gasteiger partial charge in [-0.1, -0.05) is 42.5 Å². The predicted molar refractivity (Wildman–Crippen MR) is 71.1 cm³/mol. The summed E-state index contributed by atoms with van der Waals surface area (Å²) in [6, 6.07) is 16.8. The number of hydrogen-bond acceptors (Lipinski definition) is 0. The van der Waals surface area contributed by atoms with E-state index in [4.69, 9.17) is 0 Å². The SMILES string of the molecule is Cc1ccccc1CC1=Cc2ccccc2[N]1. The van der Waals surface area contributed by atoms with Gasteiger partial charge < -0.3 is 0 Å². The van der Waals surface area contributed by atoms with E-state index in [-0.39, 0.29) is 0 Å². The number of rotatable bonds is 2. The van der Waals surface area contributed by atoms with E-state index >= 15 is 0 Å². The molecule has 0 spiro atoms. The average Bonchev–Trinajstić information content (AvgIpc) is 2.74. The van der Waals surface area contributed by atoms with Gasteiger partial charge in [0.2, 0.25) is 0 Å². The molecule has 0 saturated carbocycles. The minimum Gasteiger partial charge on any atom is -0.252 e. The summed E-state index contributed by atoms with van der Waals surface area (Å²) in [5, 5.41) is 4.65. The fourth-order valence-electron chi connectivity index (χ4n) is 2.17. The standard InChI is InChI=1S/C16H14N/c1-12-6-2-3-7-13(12)10-15-11-14-8-4-5-9-16(14)17-15/h2-9,11H,10H2,1H3. The molecule has 0 unspecified atom stereocenters. The summed E-state index contributed by atoms with van der Waals surface area (Å²) >= 11 is 0. The van der Waals surface area contributed by atoms with Crippen LogP contribution in [-0.4, -0.2) is 0 Å². The Morgan fingerprint density at radius 3 is 2.53 bits per heavy atom. The maximum Gasteiger partial charge on any atom is 0.0706 e. The second-order valence-corrected chi connectivity index (χ2v) is 4.41. The lowest BCUT2D eigenvalue weighted by Crippen LogP contribution is -1.98. The summed E-state index contributed by atoms with van der Waals surface area (Å²) in [7, 11) is 0. The van der Waals surface area contributed by atoms with Crippen LogP contribution in [0.4, 0.5) is 5.69 Å². The van der Waals surface area contributed by atoms with Gasteiger partial charge in [0, 0.05) is 17.7 Å². The average molecular weight is 220 g/mol. The molecular formula is C16H14N. The molecule has 83 valence electrons. The molecule has 1 radical (unpaired) electrons. The van der Waals surface area contributed by atoms with Crippen molar-refractivity contribution in [3.63, 3.8) is 0 Å². The van der Waals surface area contributed by atoms with Crippen LogP contribution in [0.1, 0.15) is 16.7 Å². The summed E-state index contributed by atoms with van der Waals surface area (Å²) in [5.41, 5.74) is 6.17. The van der Waals surface area contributed by atoms with E-state index in [1.54, 1.807) is 0 Å². The lowest BCUT2D eigenvalue weighted by Gasteiger charge is -2.05. The topological polar surface area (TPSA) is 14.1 Å². The highest BCUT2D eigenvalue weighted by atomic mass is 14.9. The van der Waals surface area contributed by atoms with Crippen LogP contribution in [0.3, 0.4) is 0 Å². The first-order valence-corrected chi connectivity index (χ1v) is 5.89. The number of allylic oxidation sites excluding steroid dienone is 1. The summed E-state index contributed by atoms with van der Waals surface area (Å²) in [5.74, 6) is 0. The minimum atomic E-state index is 0.918. The Balaban J connectivity index is 1.84. The van der Waals surface area contributed by atoms with Gasteiger partial charge in [0.25, 0.3) is 0 Å². The first kappa shape index (κ1) is 10.2. The Morgan fingerprint density at radius 2 is 1.71 bits per heavy atom. The normalized spacial score (nSPS) is 12.9. The number of benzene rings is 2. The highest BCUT2D eigenvalue weighted by molar-refractivity contribution is 5.72. The van der Waals surface area contributed by atoms with Crippen LogP contribution in [0.5, 0.6) is 0 Å². The van der Waals surface area contributed by atoms with Crippen molar-refractivity contribution in [1.82, 2.24) is 5.32 Å². The van der Waals surface area contributed by atoms with Gasteiger partial charge >= 0.3 is 0 Å². The zero-order valence-electron chi connectivity index (χ0n) is 9.85. The number of aryl methyl sites for hydroxylation is 1. The van der Waals surface area contributed by atoms with Crippen molar-refractivity contribution in [2.24, 2.45) is 0 Å². The molecule has 0 N–H and O–H groups in total. The predicted octanol–water partition coefficient (Wildman–Crippen LogP) is 3.83. The largest absolute Gasteiger partial charge is 0.252 e. The summed E-state index contributed by atoms with van der Waals surface area (Å²) in [6.07, 6.45) is 3.10. The second-order valence-electron chi connectivity index (χ2n) is 4.41. The molecule has 0 amide bonds. The zero-order chi connectivity index (χ0) is 11.7. The van der Waals surface area contributed by atoms with Crippen LogP contribution in [0, 0.1) is 6.92 Å². The number of para-hydroxylation sites is 1. The maximum absolute atomic E-state index is 4.65. The van der Waals surface area contributed by atoms with Gasteiger partial charge in [-0.05, 0) is 30.2 Å². The number of hydrogen-bond donors (Lipinski definition) is 0. The van der Waals surface area contributed by atoms with E-state index in [1.165, 1.54) is 16.7 Å². The molecule has 1 heteroatoms. The van der Waals surface area contributed by atoms with Crippen LogP contribution in [0.25, 0.3) is 6.08 Å². The van der Waals surface area contributed by atoms with Gasteiger partial charge in [-0.25, -0.2) is 0 Å². The molecule has 0 atom stereocenters. The van der Waals surface area contributed by atoms with Crippen LogP contribution >= 0.6 is 0 Å². The number of nitrogens with zero attached hydrogens (tertiary/aromatic N) is 1. The molecule has 2 aromatic rings.